The molecule has 1 aromatic carbocycles. The Labute approximate surface area is 152 Å². The Hall–Kier alpha value is -2.28. The van der Waals surface area contributed by atoms with Gasteiger partial charge in [0.1, 0.15) is 0 Å². The van der Waals surface area contributed by atoms with Gasteiger partial charge in [-0.15, -0.1) is 0 Å². The number of hydrogen-bond acceptors (Lipinski definition) is 5. The second kappa shape index (κ2) is 8.20. The average Bonchev–Trinajstić information content (AvgIpc) is 3.21. The molecule has 2 heterocycles. The van der Waals surface area contributed by atoms with Crippen LogP contribution in [0.1, 0.15) is 15.9 Å². The molecule has 1 saturated heterocycles. The van der Waals surface area contributed by atoms with Gasteiger partial charge in [0.05, 0.1) is 6.54 Å². The van der Waals surface area contributed by atoms with E-state index in [0.717, 1.165) is 49.2 Å². The molecule has 0 aromatic heterocycles. The van der Waals surface area contributed by atoms with Crippen LogP contribution in [0.4, 0.5) is 0 Å². The lowest BCUT2D eigenvalue weighted by Crippen LogP contribution is -2.49. The number of nitrogens with zero attached hydrogens (tertiary/aromatic N) is 3. The van der Waals surface area contributed by atoms with Crippen LogP contribution >= 0.6 is 11.8 Å². The van der Waals surface area contributed by atoms with E-state index >= 15 is 0 Å². The van der Waals surface area contributed by atoms with Gasteiger partial charge in [0.25, 0.3) is 5.91 Å². The van der Waals surface area contributed by atoms with Gasteiger partial charge in [-0.3, -0.25) is 14.6 Å². The van der Waals surface area contributed by atoms with E-state index < -0.39 is 0 Å². The van der Waals surface area contributed by atoms with Crippen LogP contribution in [0.3, 0.4) is 0 Å². The molecule has 0 spiro atoms. The zero-order valence-electron chi connectivity index (χ0n) is 14.1. The Morgan fingerprint density at radius 2 is 1.92 bits per heavy atom. The normalized spacial score (nSPS) is 17.2. The van der Waals surface area contributed by atoms with Crippen molar-refractivity contribution in [2.45, 2.75) is 6.54 Å². The number of amidine groups is 1. The molecule has 2 amide bonds. The van der Waals surface area contributed by atoms with Crippen LogP contribution in [0.25, 0.3) is 0 Å². The van der Waals surface area contributed by atoms with Gasteiger partial charge in [-0.1, -0.05) is 30.5 Å². The molecular formula is C18H22N4O2S. The molecule has 0 aliphatic carbocycles. The van der Waals surface area contributed by atoms with E-state index in [0.29, 0.717) is 12.1 Å². The van der Waals surface area contributed by atoms with Crippen LogP contribution in [-0.2, 0) is 11.3 Å². The number of piperazine rings is 1. The number of carbonyl (C=O) groups is 2. The minimum absolute atomic E-state index is 0.0577. The summed E-state index contributed by atoms with van der Waals surface area (Å²) < 4.78 is 0. The van der Waals surface area contributed by atoms with Crippen LogP contribution in [0, 0.1) is 0 Å². The van der Waals surface area contributed by atoms with E-state index in [1.54, 1.807) is 11.8 Å². The van der Waals surface area contributed by atoms with E-state index in [2.05, 4.69) is 21.8 Å². The van der Waals surface area contributed by atoms with Crippen molar-refractivity contribution in [3.63, 3.8) is 0 Å². The van der Waals surface area contributed by atoms with Gasteiger partial charge in [-0.2, -0.15) is 0 Å². The number of amides is 2. The highest BCUT2D eigenvalue weighted by atomic mass is 32.2. The van der Waals surface area contributed by atoms with Crippen molar-refractivity contribution in [3.8, 4) is 0 Å². The second-order valence-electron chi connectivity index (χ2n) is 5.91. The average molecular weight is 358 g/mol. The number of hydrogen-bond donors (Lipinski definition) is 1. The monoisotopic (exact) mass is 358 g/mol. The van der Waals surface area contributed by atoms with Crippen molar-refractivity contribution in [3.05, 3.63) is 48.0 Å². The van der Waals surface area contributed by atoms with Crippen molar-refractivity contribution in [2.24, 2.45) is 4.99 Å². The van der Waals surface area contributed by atoms with Crippen LogP contribution in [0.5, 0.6) is 0 Å². The third-order valence-corrected chi connectivity index (χ3v) is 5.29. The molecule has 2 aliphatic rings. The van der Waals surface area contributed by atoms with Gasteiger partial charge in [0.15, 0.2) is 5.17 Å². The molecular weight excluding hydrogens is 336 g/mol. The third kappa shape index (κ3) is 4.42. The maximum Gasteiger partial charge on any atom is 0.253 e. The molecule has 0 atom stereocenters. The number of thioether (sulfide) groups is 1. The zero-order valence-corrected chi connectivity index (χ0v) is 14.9. The summed E-state index contributed by atoms with van der Waals surface area (Å²) in [6, 6.07) is 7.38. The van der Waals surface area contributed by atoms with Crippen LogP contribution in [0.15, 0.2) is 41.9 Å². The maximum absolute atomic E-state index is 12.6. The number of carbonyl (C=O) groups excluding carboxylic acids is 2. The van der Waals surface area contributed by atoms with E-state index in [9.17, 15) is 9.59 Å². The highest BCUT2D eigenvalue weighted by Gasteiger charge is 2.25. The number of nitrogens with one attached hydrogen (secondary N) is 1. The minimum Gasteiger partial charge on any atom is -0.348 e. The highest BCUT2D eigenvalue weighted by Crippen LogP contribution is 2.18. The summed E-state index contributed by atoms with van der Waals surface area (Å²) in [7, 11) is 0. The summed E-state index contributed by atoms with van der Waals surface area (Å²) in [5.41, 5.74) is 1.63. The Morgan fingerprint density at radius 1 is 1.20 bits per heavy atom. The zero-order chi connectivity index (χ0) is 17.6. The topological polar surface area (TPSA) is 65.0 Å². The third-order valence-electron chi connectivity index (χ3n) is 4.26. The van der Waals surface area contributed by atoms with Crippen LogP contribution in [0.2, 0.25) is 0 Å². The maximum atomic E-state index is 12.6. The molecule has 0 unspecified atom stereocenters. The van der Waals surface area contributed by atoms with Gasteiger partial charge in [-0.05, 0) is 23.8 Å². The Kier molecular flexibility index (Phi) is 5.75. The quantitative estimate of drug-likeness (QED) is 0.825. The SMILES string of the molecule is C=CC(=O)NCc1ccc(C(=O)N2CCN(C3=NCCS3)CC2)cc1. The molecule has 1 N–H and O–H groups in total. The summed E-state index contributed by atoms with van der Waals surface area (Å²) in [6.45, 7) is 7.86. The molecule has 1 aromatic rings. The van der Waals surface area contributed by atoms with Gasteiger partial charge >= 0.3 is 0 Å². The van der Waals surface area contributed by atoms with Crippen molar-refractivity contribution in [1.29, 1.82) is 0 Å². The molecule has 7 heteroatoms. The summed E-state index contributed by atoms with van der Waals surface area (Å²) in [5.74, 6) is 0.916. The van der Waals surface area contributed by atoms with E-state index in [-0.39, 0.29) is 11.8 Å². The Morgan fingerprint density at radius 3 is 2.52 bits per heavy atom. The smallest absolute Gasteiger partial charge is 0.253 e. The first-order valence-electron chi connectivity index (χ1n) is 8.38. The summed E-state index contributed by atoms with van der Waals surface area (Å²) in [5, 5.41) is 3.84. The Bertz CT molecular complexity index is 679. The van der Waals surface area contributed by atoms with Gasteiger partial charge in [-0.25, -0.2) is 0 Å². The lowest BCUT2D eigenvalue weighted by Gasteiger charge is -2.35. The molecule has 3 rings (SSSR count). The van der Waals surface area contributed by atoms with Crippen LogP contribution in [-0.4, -0.2) is 65.3 Å². The van der Waals surface area contributed by atoms with Gasteiger partial charge in [0.2, 0.25) is 5.91 Å². The van der Waals surface area contributed by atoms with Crippen molar-refractivity contribution in [2.75, 3.05) is 38.5 Å². The minimum atomic E-state index is -0.206. The highest BCUT2D eigenvalue weighted by molar-refractivity contribution is 8.14. The fraction of sp³-hybridized carbons (Fsp3) is 0.389. The fourth-order valence-corrected chi connectivity index (χ4v) is 3.74. The lowest BCUT2D eigenvalue weighted by molar-refractivity contribution is -0.116. The predicted molar refractivity (Wildman–Crippen MR) is 101 cm³/mol. The standard InChI is InChI=1S/C18H22N4O2S/c1-2-16(23)20-13-14-3-5-15(6-4-14)17(24)21-8-10-22(11-9-21)18-19-7-12-25-18/h2-6H,1,7-13H2,(H,20,23). The first-order chi connectivity index (χ1) is 12.2. The second-order valence-corrected chi connectivity index (χ2v) is 6.97. The van der Waals surface area contributed by atoms with E-state index in [1.807, 2.05) is 29.2 Å². The summed E-state index contributed by atoms with van der Waals surface area (Å²) in [4.78, 5) is 32.5. The Balaban J connectivity index is 1.53. The first kappa shape index (κ1) is 17.5. The van der Waals surface area contributed by atoms with Gasteiger partial charge < -0.3 is 15.1 Å². The predicted octanol–water partition coefficient (Wildman–Crippen LogP) is 1.35. The van der Waals surface area contributed by atoms with Crippen molar-refractivity contribution < 1.29 is 9.59 Å². The fourth-order valence-electron chi connectivity index (χ4n) is 2.83. The first-order valence-corrected chi connectivity index (χ1v) is 9.36. The van der Waals surface area contributed by atoms with Gasteiger partial charge in [0, 0.05) is 44.0 Å². The van der Waals surface area contributed by atoms with Crippen molar-refractivity contribution >= 4 is 28.7 Å². The number of benzene rings is 1. The summed E-state index contributed by atoms with van der Waals surface area (Å²) in [6.07, 6.45) is 1.24. The van der Waals surface area contributed by atoms with E-state index in [1.165, 1.54) is 6.08 Å². The molecule has 2 aliphatic heterocycles. The molecule has 0 saturated carbocycles. The van der Waals surface area contributed by atoms with Crippen molar-refractivity contribution in [1.82, 2.24) is 15.1 Å². The van der Waals surface area contributed by atoms with E-state index in [4.69, 9.17) is 0 Å². The lowest BCUT2D eigenvalue weighted by atomic mass is 10.1. The number of aliphatic imine (C=N–C) groups is 1. The molecule has 1 fully saturated rings. The largest absolute Gasteiger partial charge is 0.348 e. The molecule has 0 bridgehead atoms. The molecule has 6 nitrogen and oxygen atoms in total. The van der Waals surface area contributed by atoms with Crippen LogP contribution < -0.4 is 5.32 Å². The number of rotatable bonds is 4. The molecule has 132 valence electrons. The summed E-state index contributed by atoms with van der Waals surface area (Å²) >= 11 is 1.80. The molecule has 0 radical (unpaired) electrons. The molecule has 25 heavy (non-hydrogen) atoms.